The molecule has 0 spiro atoms. The van der Waals surface area contributed by atoms with Gasteiger partial charge >= 0.3 is 0 Å². The van der Waals surface area contributed by atoms with Gasteiger partial charge in [-0.1, -0.05) is 6.92 Å². The van der Waals surface area contributed by atoms with Gasteiger partial charge < -0.3 is 4.90 Å². The van der Waals surface area contributed by atoms with Crippen LogP contribution in [0.4, 0.5) is 4.39 Å². The Bertz CT molecular complexity index is 219. The zero-order valence-electron chi connectivity index (χ0n) is 7.51. The van der Waals surface area contributed by atoms with Crippen LogP contribution in [-0.4, -0.2) is 29.6 Å². The molecule has 0 bridgehead atoms. The van der Waals surface area contributed by atoms with E-state index >= 15 is 0 Å². The average molecular weight is 171 g/mol. The number of carbonyl (C=O) groups excluding carboxylic acids is 1. The van der Waals surface area contributed by atoms with Crippen molar-refractivity contribution in [3.05, 3.63) is 0 Å². The maximum atomic E-state index is 13.0. The number of likely N-dealkylation sites (tertiary alicyclic amines) is 1. The van der Waals surface area contributed by atoms with Crippen LogP contribution >= 0.6 is 0 Å². The Hall–Kier alpha value is -0.600. The molecule has 2 fully saturated rings. The van der Waals surface area contributed by atoms with Crippen molar-refractivity contribution >= 4 is 5.91 Å². The van der Waals surface area contributed by atoms with Crippen LogP contribution in [0, 0.1) is 11.8 Å². The van der Waals surface area contributed by atoms with Crippen molar-refractivity contribution < 1.29 is 9.18 Å². The van der Waals surface area contributed by atoms with Crippen LogP contribution in [0.25, 0.3) is 0 Å². The fourth-order valence-electron chi connectivity index (χ4n) is 1.81. The quantitative estimate of drug-likeness (QED) is 0.580. The lowest BCUT2D eigenvalue weighted by Crippen LogP contribution is -2.59. The summed E-state index contributed by atoms with van der Waals surface area (Å²) in [7, 11) is 0. The van der Waals surface area contributed by atoms with E-state index in [0.717, 1.165) is 6.42 Å². The van der Waals surface area contributed by atoms with Crippen LogP contribution in [-0.2, 0) is 4.79 Å². The van der Waals surface area contributed by atoms with Crippen LogP contribution in [0.15, 0.2) is 0 Å². The highest BCUT2D eigenvalue weighted by molar-refractivity contribution is 5.82. The standard InChI is InChI=1S/C9H14FNO/c1-6-3-7(6)8(12)11-4-9(2,10)5-11/h6-7H,3-5H2,1-2H3. The van der Waals surface area contributed by atoms with Crippen molar-refractivity contribution in [1.29, 1.82) is 0 Å². The number of hydrogen-bond acceptors (Lipinski definition) is 1. The number of halogens is 1. The van der Waals surface area contributed by atoms with Crippen molar-refractivity contribution in [2.24, 2.45) is 11.8 Å². The molecule has 1 aliphatic heterocycles. The van der Waals surface area contributed by atoms with E-state index in [2.05, 4.69) is 6.92 Å². The number of alkyl halides is 1. The summed E-state index contributed by atoms with van der Waals surface area (Å²) >= 11 is 0. The van der Waals surface area contributed by atoms with Crippen LogP contribution in [0.2, 0.25) is 0 Å². The van der Waals surface area contributed by atoms with Gasteiger partial charge in [-0.3, -0.25) is 4.79 Å². The second-order valence-electron chi connectivity index (χ2n) is 4.43. The molecule has 0 aromatic rings. The van der Waals surface area contributed by atoms with Crippen molar-refractivity contribution in [2.75, 3.05) is 13.1 Å². The first-order chi connectivity index (χ1) is 5.49. The van der Waals surface area contributed by atoms with Gasteiger partial charge in [-0.15, -0.1) is 0 Å². The molecule has 1 heterocycles. The molecule has 1 aliphatic carbocycles. The molecule has 0 aromatic carbocycles. The first-order valence-corrected chi connectivity index (χ1v) is 4.47. The van der Waals surface area contributed by atoms with E-state index in [1.165, 1.54) is 0 Å². The van der Waals surface area contributed by atoms with E-state index in [0.29, 0.717) is 19.0 Å². The summed E-state index contributed by atoms with van der Waals surface area (Å²) in [6, 6.07) is 0. The van der Waals surface area contributed by atoms with Crippen LogP contribution in [0.5, 0.6) is 0 Å². The van der Waals surface area contributed by atoms with Crippen LogP contribution in [0.3, 0.4) is 0 Å². The summed E-state index contributed by atoms with van der Waals surface area (Å²) in [4.78, 5) is 13.1. The molecular weight excluding hydrogens is 157 g/mol. The van der Waals surface area contributed by atoms with Gasteiger partial charge in [0, 0.05) is 5.92 Å². The highest BCUT2D eigenvalue weighted by Gasteiger charge is 2.48. The van der Waals surface area contributed by atoms with Gasteiger partial charge in [0.1, 0.15) is 5.67 Å². The molecule has 2 rings (SSSR count). The third-order valence-electron chi connectivity index (χ3n) is 2.78. The largest absolute Gasteiger partial charge is 0.336 e. The van der Waals surface area contributed by atoms with Crippen LogP contribution in [0.1, 0.15) is 20.3 Å². The van der Waals surface area contributed by atoms with E-state index < -0.39 is 5.67 Å². The Morgan fingerprint density at radius 1 is 1.58 bits per heavy atom. The Labute approximate surface area is 71.7 Å². The first-order valence-electron chi connectivity index (χ1n) is 4.47. The van der Waals surface area contributed by atoms with Crippen molar-refractivity contribution in [2.45, 2.75) is 25.9 Å². The molecule has 2 atom stereocenters. The molecule has 2 unspecified atom stereocenters. The van der Waals surface area contributed by atoms with Crippen molar-refractivity contribution in [1.82, 2.24) is 4.90 Å². The monoisotopic (exact) mass is 171 g/mol. The predicted molar refractivity (Wildman–Crippen MR) is 43.4 cm³/mol. The second kappa shape index (κ2) is 2.21. The molecule has 1 saturated heterocycles. The molecule has 12 heavy (non-hydrogen) atoms. The third kappa shape index (κ3) is 1.21. The lowest BCUT2D eigenvalue weighted by Gasteiger charge is -2.42. The molecule has 2 nitrogen and oxygen atoms in total. The smallest absolute Gasteiger partial charge is 0.226 e. The molecule has 1 amide bonds. The fourth-order valence-corrected chi connectivity index (χ4v) is 1.81. The molecule has 68 valence electrons. The highest BCUT2D eigenvalue weighted by atomic mass is 19.1. The number of nitrogens with zero attached hydrogens (tertiary/aromatic N) is 1. The Balaban J connectivity index is 1.85. The zero-order valence-corrected chi connectivity index (χ0v) is 7.51. The molecule has 1 saturated carbocycles. The maximum Gasteiger partial charge on any atom is 0.226 e. The van der Waals surface area contributed by atoms with Gasteiger partial charge in [0.15, 0.2) is 0 Å². The summed E-state index contributed by atoms with van der Waals surface area (Å²) < 4.78 is 13.0. The zero-order chi connectivity index (χ0) is 8.93. The second-order valence-corrected chi connectivity index (χ2v) is 4.43. The van der Waals surface area contributed by atoms with E-state index in [9.17, 15) is 9.18 Å². The SMILES string of the molecule is CC1CC1C(=O)N1CC(C)(F)C1. The van der Waals surface area contributed by atoms with Gasteiger partial charge in [0.2, 0.25) is 5.91 Å². The summed E-state index contributed by atoms with van der Waals surface area (Å²) in [6.07, 6.45) is 0.998. The van der Waals surface area contributed by atoms with Crippen LogP contribution < -0.4 is 0 Å². The van der Waals surface area contributed by atoms with E-state index in [4.69, 9.17) is 0 Å². The average Bonchev–Trinajstić information content (AvgIpc) is 2.60. The summed E-state index contributed by atoms with van der Waals surface area (Å²) in [5.41, 5.74) is -1.12. The summed E-state index contributed by atoms with van der Waals surface area (Å²) in [6.45, 7) is 4.22. The molecule has 0 aromatic heterocycles. The van der Waals surface area contributed by atoms with Gasteiger partial charge in [-0.25, -0.2) is 4.39 Å². The molecule has 2 aliphatic rings. The van der Waals surface area contributed by atoms with E-state index in [1.54, 1.807) is 11.8 Å². The van der Waals surface area contributed by atoms with E-state index in [1.807, 2.05) is 0 Å². The normalized spacial score (nSPS) is 37.4. The van der Waals surface area contributed by atoms with Gasteiger partial charge in [-0.05, 0) is 19.3 Å². The molecule has 0 radical (unpaired) electrons. The predicted octanol–water partition coefficient (Wildman–Crippen LogP) is 1.21. The lowest BCUT2D eigenvalue weighted by molar-refractivity contribution is -0.145. The van der Waals surface area contributed by atoms with Crippen molar-refractivity contribution in [3.8, 4) is 0 Å². The Morgan fingerprint density at radius 3 is 2.42 bits per heavy atom. The minimum atomic E-state index is -1.12. The minimum Gasteiger partial charge on any atom is -0.336 e. The number of hydrogen-bond donors (Lipinski definition) is 0. The first kappa shape index (κ1) is 8.02. The van der Waals surface area contributed by atoms with Gasteiger partial charge in [0.05, 0.1) is 13.1 Å². The molecule has 0 N–H and O–H groups in total. The number of amides is 1. The number of carbonyl (C=O) groups is 1. The lowest BCUT2D eigenvalue weighted by atomic mass is 9.98. The Morgan fingerprint density at radius 2 is 2.08 bits per heavy atom. The van der Waals surface area contributed by atoms with Crippen molar-refractivity contribution in [3.63, 3.8) is 0 Å². The van der Waals surface area contributed by atoms with E-state index in [-0.39, 0.29) is 11.8 Å². The minimum absolute atomic E-state index is 0.164. The summed E-state index contributed by atoms with van der Waals surface area (Å²) in [5, 5.41) is 0. The van der Waals surface area contributed by atoms with Gasteiger partial charge in [-0.2, -0.15) is 0 Å². The maximum absolute atomic E-state index is 13.0. The number of rotatable bonds is 1. The summed E-state index contributed by atoms with van der Waals surface area (Å²) in [5.74, 6) is 0.905. The topological polar surface area (TPSA) is 20.3 Å². The third-order valence-corrected chi connectivity index (χ3v) is 2.78. The van der Waals surface area contributed by atoms with Gasteiger partial charge in [0.25, 0.3) is 0 Å². The highest BCUT2D eigenvalue weighted by Crippen LogP contribution is 2.41. The molecular formula is C9H14FNO. The Kier molecular flexibility index (Phi) is 1.48. The fraction of sp³-hybridized carbons (Fsp3) is 0.889. The molecule has 3 heteroatoms.